The highest BCUT2D eigenvalue weighted by Crippen LogP contribution is 2.11. The molecule has 1 amide bonds. The molecule has 12 heteroatoms. The molecule has 0 spiro atoms. The van der Waals surface area contributed by atoms with E-state index >= 15 is 0 Å². The molecular weight excluding hydrogens is 460 g/mol. The van der Waals surface area contributed by atoms with Gasteiger partial charge in [0.25, 0.3) is 5.56 Å². The van der Waals surface area contributed by atoms with Gasteiger partial charge < -0.3 is 26.1 Å². The van der Waals surface area contributed by atoms with E-state index in [-0.39, 0.29) is 23.9 Å². The Morgan fingerprint density at radius 3 is 2.50 bits per heavy atom. The van der Waals surface area contributed by atoms with Crippen LogP contribution in [0.2, 0.25) is 0 Å². The Morgan fingerprint density at radius 1 is 1.18 bits per heavy atom. The molecule has 1 atom stereocenters. The van der Waals surface area contributed by atoms with Crippen LogP contribution in [0.3, 0.4) is 0 Å². The number of nitrogens with one attached hydrogen (secondary N) is 2. The molecule has 0 fully saturated rings. The third-order valence-corrected chi connectivity index (χ3v) is 6.12. The number of aliphatic imine (C=N–C) groups is 1. The molecule has 11 nitrogen and oxygen atoms in total. The summed E-state index contributed by atoms with van der Waals surface area (Å²) >= 11 is 0. The van der Waals surface area contributed by atoms with Crippen molar-refractivity contribution in [1.82, 2.24) is 9.88 Å². The summed E-state index contributed by atoms with van der Waals surface area (Å²) in [6.45, 7) is 1.75. The summed E-state index contributed by atoms with van der Waals surface area (Å²) in [5, 5.41) is 2.57. The molecule has 0 aliphatic heterocycles. The molecule has 0 radical (unpaired) electrons. The summed E-state index contributed by atoms with van der Waals surface area (Å²) in [5.74, 6) is -0.915. The molecule has 2 rings (SSSR count). The zero-order valence-corrected chi connectivity index (χ0v) is 19.8. The van der Waals surface area contributed by atoms with E-state index in [1.807, 2.05) is 0 Å². The standard InChI is InChI=1S/C22H30N6O5S/c1-2-18-10-11-19(27-34(32,33)15-16-7-4-3-5-8-16)21(31)28(18)13-20(30)26-17(14-29)9-6-12-25-22(23)24/h3-5,7-8,10-11,14,17,27H,2,6,9,12-13,15H2,1H3,(H,26,30)(H4,23,24,25). The summed E-state index contributed by atoms with van der Waals surface area (Å²) < 4.78 is 28.6. The summed E-state index contributed by atoms with van der Waals surface area (Å²) in [7, 11) is -3.86. The Hall–Kier alpha value is -3.67. The van der Waals surface area contributed by atoms with Gasteiger partial charge >= 0.3 is 0 Å². The maximum Gasteiger partial charge on any atom is 0.275 e. The van der Waals surface area contributed by atoms with Gasteiger partial charge in [-0.3, -0.25) is 19.3 Å². The first kappa shape index (κ1) is 26.6. The van der Waals surface area contributed by atoms with Crippen molar-refractivity contribution in [3.63, 3.8) is 0 Å². The number of rotatable bonds is 13. The number of nitrogens with two attached hydrogens (primary N) is 2. The number of guanidine groups is 1. The third-order valence-electron chi connectivity index (χ3n) is 4.87. The second-order valence-corrected chi connectivity index (χ2v) is 9.31. The number of carbonyl (C=O) groups is 2. The van der Waals surface area contributed by atoms with E-state index in [9.17, 15) is 22.8 Å². The normalized spacial score (nSPS) is 11.9. The lowest BCUT2D eigenvalue weighted by molar-refractivity contribution is -0.124. The lowest BCUT2D eigenvalue weighted by Crippen LogP contribution is -2.41. The molecule has 0 bridgehead atoms. The van der Waals surface area contributed by atoms with Crippen molar-refractivity contribution in [3.8, 4) is 0 Å². The van der Waals surface area contributed by atoms with Crippen LogP contribution in [-0.4, -0.2) is 43.7 Å². The molecule has 1 heterocycles. The molecule has 0 aliphatic rings. The van der Waals surface area contributed by atoms with Crippen LogP contribution in [0.1, 0.15) is 31.0 Å². The Morgan fingerprint density at radius 2 is 1.88 bits per heavy atom. The van der Waals surface area contributed by atoms with E-state index in [1.165, 1.54) is 10.6 Å². The SMILES string of the molecule is CCc1ccc(NS(=O)(=O)Cc2ccccc2)c(=O)n1CC(=O)NC(C=O)CCCN=C(N)N. The van der Waals surface area contributed by atoms with Gasteiger partial charge in [0.15, 0.2) is 5.96 Å². The van der Waals surface area contributed by atoms with Crippen LogP contribution in [0.25, 0.3) is 0 Å². The predicted molar refractivity (Wildman–Crippen MR) is 131 cm³/mol. The highest BCUT2D eigenvalue weighted by atomic mass is 32.2. The Labute approximate surface area is 198 Å². The second kappa shape index (κ2) is 12.5. The van der Waals surface area contributed by atoms with E-state index in [1.54, 1.807) is 43.3 Å². The average molecular weight is 491 g/mol. The first-order valence-electron chi connectivity index (χ1n) is 10.7. The van der Waals surface area contributed by atoms with E-state index in [4.69, 9.17) is 11.5 Å². The number of benzene rings is 1. The fourth-order valence-electron chi connectivity index (χ4n) is 3.26. The largest absolute Gasteiger partial charge is 0.370 e. The zero-order valence-electron chi connectivity index (χ0n) is 18.9. The number of aryl methyl sites for hydroxylation is 1. The summed E-state index contributed by atoms with van der Waals surface area (Å²) in [4.78, 5) is 40.7. The minimum Gasteiger partial charge on any atom is -0.370 e. The van der Waals surface area contributed by atoms with Gasteiger partial charge in [-0.2, -0.15) is 0 Å². The van der Waals surface area contributed by atoms with Crippen LogP contribution < -0.4 is 27.1 Å². The number of sulfonamides is 1. The highest BCUT2D eigenvalue weighted by Gasteiger charge is 2.18. The van der Waals surface area contributed by atoms with Crippen LogP contribution in [0.4, 0.5) is 5.69 Å². The smallest absolute Gasteiger partial charge is 0.275 e. The first-order chi connectivity index (χ1) is 16.1. The first-order valence-corrected chi connectivity index (χ1v) is 12.4. The van der Waals surface area contributed by atoms with Gasteiger partial charge in [-0.25, -0.2) is 8.42 Å². The maximum absolute atomic E-state index is 13.0. The number of amides is 1. The van der Waals surface area contributed by atoms with Gasteiger partial charge in [0, 0.05) is 12.2 Å². The molecule has 1 aromatic carbocycles. The molecule has 6 N–H and O–H groups in total. The molecule has 0 saturated heterocycles. The van der Waals surface area contributed by atoms with Crippen molar-refractivity contribution in [2.24, 2.45) is 16.5 Å². The van der Waals surface area contributed by atoms with Crippen molar-refractivity contribution in [2.75, 3.05) is 11.3 Å². The molecule has 34 heavy (non-hydrogen) atoms. The highest BCUT2D eigenvalue weighted by molar-refractivity contribution is 7.91. The molecule has 2 aromatic rings. The number of carbonyl (C=O) groups excluding carboxylic acids is 2. The molecule has 184 valence electrons. The lowest BCUT2D eigenvalue weighted by Gasteiger charge is -2.16. The number of hydrogen-bond donors (Lipinski definition) is 4. The number of anilines is 1. The van der Waals surface area contributed by atoms with Crippen molar-refractivity contribution in [3.05, 3.63) is 64.1 Å². The van der Waals surface area contributed by atoms with Crippen molar-refractivity contribution in [2.45, 2.75) is 44.5 Å². The monoisotopic (exact) mass is 490 g/mol. The molecule has 0 aliphatic carbocycles. The Balaban J connectivity index is 2.13. The fourth-order valence-corrected chi connectivity index (χ4v) is 4.46. The van der Waals surface area contributed by atoms with Gasteiger partial charge in [0.05, 0.1) is 11.8 Å². The average Bonchev–Trinajstić information content (AvgIpc) is 2.78. The number of aldehydes is 1. The van der Waals surface area contributed by atoms with E-state index in [2.05, 4.69) is 15.0 Å². The number of hydrogen-bond acceptors (Lipinski definition) is 6. The van der Waals surface area contributed by atoms with Crippen LogP contribution >= 0.6 is 0 Å². The molecule has 1 aromatic heterocycles. The van der Waals surface area contributed by atoms with Crippen LogP contribution in [0.15, 0.2) is 52.3 Å². The van der Waals surface area contributed by atoms with Gasteiger partial charge in [-0.1, -0.05) is 37.3 Å². The second-order valence-electron chi connectivity index (χ2n) is 7.59. The van der Waals surface area contributed by atoms with Crippen molar-refractivity contribution < 1.29 is 18.0 Å². The molecular formula is C22H30N6O5S. The van der Waals surface area contributed by atoms with Crippen molar-refractivity contribution >= 4 is 33.9 Å². The van der Waals surface area contributed by atoms with E-state index in [0.717, 1.165) is 0 Å². The summed E-state index contributed by atoms with van der Waals surface area (Å²) in [5.41, 5.74) is 10.8. The molecule has 0 saturated carbocycles. The minimum atomic E-state index is -3.86. The fraction of sp³-hybridized carbons (Fsp3) is 0.364. The summed E-state index contributed by atoms with van der Waals surface area (Å²) in [6.07, 6.45) is 1.83. The quantitative estimate of drug-likeness (QED) is 0.133. The number of nitrogens with zero attached hydrogens (tertiary/aromatic N) is 2. The number of pyridine rings is 1. The van der Waals surface area contributed by atoms with Crippen LogP contribution in [0.5, 0.6) is 0 Å². The van der Waals surface area contributed by atoms with Gasteiger partial charge in [-0.05, 0) is 37.0 Å². The van der Waals surface area contributed by atoms with E-state index < -0.39 is 27.5 Å². The van der Waals surface area contributed by atoms with Crippen molar-refractivity contribution in [1.29, 1.82) is 0 Å². The molecule has 1 unspecified atom stereocenters. The lowest BCUT2D eigenvalue weighted by atomic mass is 10.1. The van der Waals surface area contributed by atoms with Crippen LogP contribution in [-0.2, 0) is 38.3 Å². The Kier molecular flexibility index (Phi) is 9.80. The van der Waals surface area contributed by atoms with Gasteiger partial charge in [-0.15, -0.1) is 0 Å². The summed E-state index contributed by atoms with van der Waals surface area (Å²) in [6, 6.07) is 10.8. The number of aromatic nitrogens is 1. The Bertz CT molecular complexity index is 1170. The topological polar surface area (TPSA) is 179 Å². The van der Waals surface area contributed by atoms with E-state index in [0.29, 0.717) is 43.4 Å². The van der Waals surface area contributed by atoms with Gasteiger partial charge in [0.2, 0.25) is 15.9 Å². The predicted octanol–water partition coefficient (Wildman–Crippen LogP) is 0.0899. The zero-order chi connectivity index (χ0) is 25.1. The maximum atomic E-state index is 13.0. The van der Waals surface area contributed by atoms with Crippen LogP contribution in [0, 0.1) is 0 Å². The van der Waals surface area contributed by atoms with Gasteiger partial charge in [0.1, 0.15) is 18.5 Å². The third kappa shape index (κ3) is 8.35. The minimum absolute atomic E-state index is 0.0579.